The Morgan fingerprint density at radius 1 is 0.776 bits per heavy atom. The molecule has 0 spiro atoms. The highest BCUT2D eigenvalue weighted by Crippen LogP contribution is 2.44. The number of hydroxylamine groups is 2. The molecule has 1 aliphatic carbocycles. The standard InChI is InChI=1S/C58H86N4O14/c1-9-37(4)54(48(74-7)35-52(69)60-30-18-23-45(60)56(75-8)38(5)46(64)33-41(58(72)73)31-39-19-13-12-14-20-39)59(6)57(71)44(36(2)3)34-47(65)55-40-26-27-42(32-40)61(55)49(66)24-16-11-10-15-21-43(63)22-17-25-53(70)76-62-50(67)28-29-51(62)68/h12-14,19-20,36-38,40-42,44-45,48,54-56H,9-11,15-18,21-35H2,1-8H3,(H,72,73)/t37-,38-,40-,41+,42+,44-,45-,48+,54-,55-,56+/m0/s1. The Balaban J connectivity index is 1.14. The highest BCUT2D eigenvalue weighted by Gasteiger charge is 2.52. The van der Waals surface area contributed by atoms with Crippen molar-refractivity contribution in [2.24, 2.45) is 35.5 Å². The van der Waals surface area contributed by atoms with Crippen molar-refractivity contribution in [1.29, 1.82) is 0 Å². The van der Waals surface area contributed by atoms with Gasteiger partial charge < -0.3 is 34.1 Å². The predicted octanol–water partition coefficient (Wildman–Crippen LogP) is 7.11. The minimum Gasteiger partial charge on any atom is -0.481 e. The van der Waals surface area contributed by atoms with Crippen LogP contribution in [0.5, 0.6) is 0 Å². The largest absolute Gasteiger partial charge is 0.481 e. The molecule has 0 aromatic heterocycles. The second-order valence-corrected chi connectivity index (χ2v) is 22.3. The van der Waals surface area contributed by atoms with Gasteiger partial charge >= 0.3 is 11.9 Å². The SMILES string of the molecule is CC[C@H](C)[C@@H]([C@@H](CC(=O)N1CCC[C@H]1[C@H](OC)[C@@H](C)C(=O)C[C@@H](Cc1ccccc1)C(=O)O)OC)N(C)C(=O)[C@@H](CC(=O)[C@@H]1[C@H]2CC[C@H](C2)N1C(=O)CCCCCCC(=O)CCCC(=O)ON1C(=O)CCC1=O)C(C)C. The van der Waals surface area contributed by atoms with Crippen LogP contribution in [0.1, 0.15) is 169 Å². The fourth-order valence-corrected chi connectivity index (χ4v) is 12.3. The number of carboxylic acid groups (broad SMARTS) is 1. The number of unbranched alkanes of at least 4 members (excludes halogenated alkanes) is 3. The Labute approximate surface area is 449 Å². The summed E-state index contributed by atoms with van der Waals surface area (Å²) < 4.78 is 12.1. The van der Waals surface area contributed by atoms with Crippen LogP contribution >= 0.6 is 0 Å². The molecule has 3 saturated heterocycles. The zero-order chi connectivity index (χ0) is 55.8. The molecule has 18 nitrogen and oxygen atoms in total. The van der Waals surface area contributed by atoms with Crippen molar-refractivity contribution in [1.82, 2.24) is 19.8 Å². The summed E-state index contributed by atoms with van der Waals surface area (Å²) in [4.78, 5) is 142. The number of likely N-dealkylation sites (tertiary alicyclic amines) is 2. The van der Waals surface area contributed by atoms with E-state index in [-0.39, 0.29) is 123 Å². The summed E-state index contributed by atoms with van der Waals surface area (Å²) in [6.45, 7) is 10.1. The number of hydrogen-bond donors (Lipinski definition) is 1. The van der Waals surface area contributed by atoms with E-state index in [1.54, 1.807) is 28.7 Å². The molecule has 1 N–H and O–H groups in total. The molecule has 5 rings (SSSR count). The number of Topliss-reactive ketones (excluding diaryl/α,β-unsaturated/α-hetero) is 3. The number of benzene rings is 1. The summed E-state index contributed by atoms with van der Waals surface area (Å²) in [5.74, 6) is -6.30. The molecule has 4 aliphatic rings. The van der Waals surface area contributed by atoms with Crippen molar-refractivity contribution in [2.45, 2.75) is 206 Å². The maximum absolute atomic E-state index is 14.8. The highest BCUT2D eigenvalue weighted by molar-refractivity contribution is 6.01. The Morgan fingerprint density at radius 2 is 1.43 bits per heavy atom. The van der Waals surface area contributed by atoms with Crippen LogP contribution in [0.15, 0.2) is 30.3 Å². The van der Waals surface area contributed by atoms with Gasteiger partial charge in [-0.3, -0.25) is 43.2 Å². The van der Waals surface area contributed by atoms with Crippen LogP contribution in [0.25, 0.3) is 0 Å². The van der Waals surface area contributed by atoms with Crippen molar-refractivity contribution in [3.8, 4) is 0 Å². The number of carbonyl (C=O) groups excluding carboxylic acids is 9. The van der Waals surface area contributed by atoms with E-state index in [0.29, 0.717) is 50.1 Å². The van der Waals surface area contributed by atoms with Gasteiger partial charge in [-0.2, -0.15) is 0 Å². The van der Waals surface area contributed by atoms with Crippen LogP contribution in [0.3, 0.4) is 0 Å². The first-order chi connectivity index (χ1) is 36.2. The second-order valence-electron chi connectivity index (χ2n) is 22.3. The lowest BCUT2D eigenvalue weighted by Crippen LogP contribution is -2.54. The zero-order valence-corrected chi connectivity index (χ0v) is 46.4. The second kappa shape index (κ2) is 29.4. The molecule has 3 heterocycles. The molecule has 0 unspecified atom stereocenters. The van der Waals surface area contributed by atoms with Gasteiger partial charge in [0.15, 0.2) is 5.78 Å². The Bertz CT molecular complexity index is 2190. The summed E-state index contributed by atoms with van der Waals surface area (Å²) in [6, 6.07) is 7.63. The molecular formula is C58H86N4O14. The van der Waals surface area contributed by atoms with Crippen LogP contribution in [-0.4, -0.2) is 148 Å². The van der Waals surface area contributed by atoms with E-state index in [9.17, 15) is 53.1 Å². The summed E-state index contributed by atoms with van der Waals surface area (Å²) in [5.41, 5.74) is 0.826. The number of imide groups is 1. The van der Waals surface area contributed by atoms with E-state index in [2.05, 4.69) is 0 Å². The van der Waals surface area contributed by atoms with Gasteiger partial charge in [-0.1, -0.05) is 84.2 Å². The number of nitrogens with zero attached hydrogens (tertiary/aromatic N) is 4. The number of hydrogen-bond acceptors (Lipinski definition) is 13. The number of carbonyl (C=O) groups is 10. The zero-order valence-electron chi connectivity index (χ0n) is 46.4. The van der Waals surface area contributed by atoms with Crippen molar-refractivity contribution >= 4 is 58.8 Å². The van der Waals surface area contributed by atoms with Gasteiger partial charge in [-0.25, -0.2) is 4.79 Å². The third kappa shape index (κ3) is 16.1. The third-order valence-electron chi connectivity index (χ3n) is 16.9. The Hall–Kier alpha value is -5.36. The maximum atomic E-state index is 14.8. The van der Waals surface area contributed by atoms with Gasteiger partial charge in [0.05, 0.1) is 42.7 Å². The van der Waals surface area contributed by atoms with Gasteiger partial charge in [0.25, 0.3) is 11.8 Å². The summed E-state index contributed by atoms with van der Waals surface area (Å²) in [6.07, 6.45) is 6.67. The molecule has 5 amide bonds. The van der Waals surface area contributed by atoms with E-state index in [1.807, 2.05) is 58.0 Å². The fourth-order valence-electron chi connectivity index (χ4n) is 12.3. The molecule has 11 atom stereocenters. The smallest absolute Gasteiger partial charge is 0.333 e. The number of fused-ring (bicyclic) bond motifs is 2. The number of ketones is 3. The van der Waals surface area contributed by atoms with E-state index in [0.717, 1.165) is 37.7 Å². The van der Waals surface area contributed by atoms with E-state index < -0.39 is 71.8 Å². The molecule has 76 heavy (non-hydrogen) atoms. The number of amides is 5. The molecule has 1 aromatic rings. The maximum Gasteiger partial charge on any atom is 0.333 e. The number of rotatable bonds is 33. The third-order valence-corrected chi connectivity index (χ3v) is 16.9. The van der Waals surface area contributed by atoms with Crippen molar-refractivity contribution in [2.75, 3.05) is 27.8 Å². The summed E-state index contributed by atoms with van der Waals surface area (Å²) in [7, 11) is 4.77. The van der Waals surface area contributed by atoms with Gasteiger partial charge in [-0.05, 0) is 81.1 Å². The average molecular weight is 1060 g/mol. The van der Waals surface area contributed by atoms with Crippen molar-refractivity contribution < 1.29 is 67.4 Å². The molecule has 1 aromatic carbocycles. The molecule has 1 saturated carbocycles. The van der Waals surface area contributed by atoms with E-state index in [4.69, 9.17) is 14.3 Å². The summed E-state index contributed by atoms with van der Waals surface area (Å²) >= 11 is 0. The van der Waals surface area contributed by atoms with Gasteiger partial charge in [0, 0.05) is 97.1 Å². The molecule has 4 fully saturated rings. The fraction of sp³-hybridized carbons (Fsp3) is 0.724. The van der Waals surface area contributed by atoms with Crippen LogP contribution in [-0.2, 0) is 68.7 Å². The molecule has 3 aliphatic heterocycles. The van der Waals surface area contributed by atoms with Gasteiger partial charge in [0.1, 0.15) is 11.6 Å². The van der Waals surface area contributed by atoms with Crippen LogP contribution in [0, 0.1) is 35.5 Å². The lowest BCUT2D eigenvalue weighted by Gasteiger charge is -2.41. The molecule has 18 heteroatoms. The summed E-state index contributed by atoms with van der Waals surface area (Å²) in [5, 5.41) is 10.5. The van der Waals surface area contributed by atoms with Gasteiger partial charge in [0.2, 0.25) is 17.7 Å². The molecule has 0 radical (unpaired) electrons. The average Bonchev–Trinajstić information content (AvgIpc) is 4.22. The van der Waals surface area contributed by atoms with Crippen molar-refractivity contribution in [3.05, 3.63) is 35.9 Å². The normalized spacial score (nSPS) is 22.0. The number of methoxy groups -OCH3 is 2. The van der Waals surface area contributed by atoms with E-state index >= 15 is 0 Å². The number of likely N-dealkylation sites (N-methyl/N-ethyl adjacent to an activating group) is 1. The van der Waals surface area contributed by atoms with Crippen molar-refractivity contribution in [3.63, 3.8) is 0 Å². The molecule has 422 valence electrons. The van der Waals surface area contributed by atoms with Crippen LogP contribution < -0.4 is 0 Å². The minimum atomic E-state index is -1.05. The lowest BCUT2D eigenvalue weighted by atomic mass is 9.83. The Kier molecular flexibility index (Phi) is 23.8. The number of ether oxygens (including phenoxy) is 2. The monoisotopic (exact) mass is 1060 g/mol. The van der Waals surface area contributed by atoms with Gasteiger partial charge in [-0.15, -0.1) is 5.06 Å². The lowest BCUT2D eigenvalue weighted by molar-refractivity contribution is -0.197. The van der Waals surface area contributed by atoms with Crippen LogP contribution in [0.2, 0.25) is 0 Å². The first-order valence-corrected chi connectivity index (χ1v) is 28.1. The number of aliphatic carboxylic acids is 1. The minimum absolute atomic E-state index is 0.00380. The van der Waals surface area contributed by atoms with E-state index in [1.165, 1.54) is 14.2 Å². The highest BCUT2D eigenvalue weighted by atomic mass is 16.7. The quantitative estimate of drug-likeness (QED) is 0.0546. The molecule has 2 bridgehead atoms. The van der Waals surface area contributed by atoms with Crippen LogP contribution in [0.4, 0.5) is 0 Å². The first kappa shape index (κ1) is 61.5. The Morgan fingerprint density at radius 3 is 2.05 bits per heavy atom. The topological polar surface area (TPSA) is 232 Å². The first-order valence-electron chi connectivity index (χ1n) is 28.1. The molecular weight excluding hydrogens is 977 g/mol. The predicted molar refractivity (Wildman–Crippen MR) is 280 cm³/mol. The number of carboxylic acids is 1. The number of piperidine rings is 1.